The van der Waals surface area contributed by atoms with Crippen molar-refractivity contribution in [1.29, 1.82) is 0 Å². The van der Waals surface area contributed by atoms with E-state index in [0.717, 1.165) is 5.56 Å². The number of rotatable bonds is 4. The second-order valence-corrected chi connectivity index (χ2v) is 6.97. The molecule has 0 N–H and O–H groups in total. The van der Waals surface area contributed by atoms with Crippen LogP contribution in [0.3, 0.4) is 0 Å². The van der Waals surface area contributed by atoms with Gasteiger partial charge in [-0.05, 0) is 32.4 Å². The third-order valence-corrected chi connectivity index (χ3v) is 5.30. The summed E-state index contributed by atoms with van der Waals surface area (Å²) < 4.78 is 1.36. The molecule has 3 amide bonds. The first kappa shape index (κ1) is 19.9. The van der Waals surface area contributed by atoms with Crippen LogP contribution in [-0.4, -0.2) is 75.5 Å². The Kier molecular flexibility index (Phi) is 5.96. The first-order valence-electron chi connectivity index (χ1n) is 9.72. The zero-order chi connectivity index (χ0) is 20.3. The molecule has 1 aromatic heterocycles. The molecule has 28 heavy (non-hydrogen) atoms. The molecule has 1 saturated heterocycles. The fourth-order valence-corrected chi connectivity index (χ4v) is 3.54. The molecular weight excluding hydrogens is 358 g/mol. The van der Waals surface area contributed by atoms with E-state index in [1.807, 2.05) is 32.9 Å². The topological polar surface area (TPSA) is 78.8 Å². The van der Waals surface area contributed by atoms with Crippen LogP contribution in [0.2, 0.25) is 0 Å². The number of fused-ring (bicyclic) bond motifs is 1. The number of aromatic nitrogens is 2. The molecule has 0 spiro atoms. The summed E-state index contributed by atoms with van der Waals surface area (Å²) in [6.45, 7) is 9.08. The molecule has 150 valence electrons. The largest absolute Gasteiger partial charge is 0.338 e. The van der Waals surface area contributed by atoms with Gasteiger partial charge in [0.15, 0.2) is 0 Å². The van der Waals surface area contributed by atoms with Gasteiger partial charge in [0.05, 0.1) is 17.2 Å². The van der Waals surface area contributed by atoms with E-state index in [4.69, 9.17) is 0 Å². The van der Waals surface area contributed by atoms with Crippen LogP contribution < -0.4 is 5.56 Å². The highest BCUT2D eigenvalue weighted by atomic mass is 16.2. The predicted molar refractivity (Wildman–Crippen MR) is 107 cm³/mol. The summed E-state index contributed by atoms with van der Waals surface area (Å²) in [7, 11) is 0. The Balaban J connectivity index is 1.65. The molecule has 1 aliphatic rings. The lowest BCUT2D eigenvalue weighted by atomic mass is 10.1. The Bertz CT molecular complexity index is 927. The maximum Gasteiger partial charge on any atom is 0.320 e. The maximum absolute atomic E-state index is 12.7. The molecule has 2 heterocycles. The van der Waals surface area contributed by atoms with Gasteiger partial charge >= 0.3 is 6.03 Å². The predicted octanol–water partition coefficient (Wildman–Crippen LogP) is 1.31. The summed E-state index contributed by atoms with van der Waals surface area (Å²) in [5.41, 5.74) is 1.39. The SMILES string of the molecule is CCN(CC)C(=O)N1CCN(C(=O)Cn2cnc3c(C)cccc3c2=O)CC1. The standard InChI is InChI=1S/C20H27N5O3/c1-4-22(5-2)20(28)24-11-9-23(10-12-24)17(26)13-25-14-21-18-15(3)7-6-8-16(18)19(25)27/h6-8,14H,4-5,9-13H2,1-3H3. The Morgan fingerprint density at radius 2 is 1.71 bits per heavy atom. The first-order valence-corrected chi connectivity index (χ1v) is 9.72. The average molecular weight is 385 g/mol. The maximum atomic E-state index is 12.7. The highest BCUT2D eigenvalue weighted by Gasteiger charge is 2.26. The summed E-state index contributed by atoms with van der Waals surface area (Å²) in [4.78, 5) is 47.4. The van der Waals surface area contributed by atoms with Crippen LogP contribution >= 0.6 is 0 Å². The van der Waals surface area contributed by atoms with Gasteiger partial charge in [-0.2, -0.15) is 0 Å². The Morgan fingerprint density at radius 3 is 2.36 bits per heavy atom. The van der Waals surface area contributed by atoms with Crippen LogP contribution in [0.4, 0.5) is 4.79 Å². The van der Waals surface area contributed by atoms with Gasteiger partial charge in [0.25, 0.3) is 5.56 Å². The molecule has 0 bridgehead atoms. The third-order valence-electron chi connectivity index (χ3n) is 5.30. The van der Waals surface area contributed by atoms with E-state index in [2.05, 4.69) is 4.98 Å². The second-order valence-electron chi connectivity index (χ2n) is 6.97. The highest BCUT2D eigenvalue weighted by molar-refractivity contribution is 5.81. The molecule has 1 aromatic carbocycles. The molecule has 2 aromatic rings. The van der Waals surface area contributed by atoms with Gasteiger partial charge in [0.2, 0.25) is 5.91 Å². The zero-order valence-electron chi connectivity index (χ0n) is 16.7. The van der Waals surface area contributed by atoms with Crippen molar-refractivity contribution in [3.63, 3.8) is 0 Å². The smallest absolute Gasteiger partial charge is 0.320 e. The minimum atomic E-state index is -0.211. The van der Waals surface area contributed by atoms with Crippen LogP contribution in [0, 0.1) is 6.92 Å². The lowest BCUT2D eigenvalue weighted by Gasteiger charge is -2.37. The van der Waals surface area contributed by atoms with Gasteiger partial charge in [0, 0.05) is 39.3 Å². The number of urea groups is 1. The van der Waals surface area contributed by atoms with Crippen molar-refractivity contribution in [1.82, 2.24) is 24.3 Å². The van der Waals surface area contributed by atoms with Crippen molar-refractivity contribution in [3.8, 4) is 0 Å². The number of piperazine rings is 1. The fraction of sp³-hybridized carbons (Fsp3) is 0.500. The minimum absolute atomic E-state index is 0.0161. The van der Waals surface area contributed by atoms with E-state index < -0.39 is 0 Å². The molecular formula is C20H27N5O3. The molecule has 8 heteroatoms. The summed E-state index contributed by atoms with van der Waals surface area (Å²) >= 11 is 0. The van der Waals surface area contributed by atoms with E-state index in [1.165, 1.54) is 10.9 Å². The van der Waals surface area contributed by atoms with Crippen molar-refractivity contribution < 1.29 is 9.59 Å². The number of aryl methyl sites for hydroxylation is 1. The van der Waals surface area contributed by atoms with Gasteiger partial charge in [-0.15, -0.1) is 0 Å². The van der Waals surface area contributed by atoms with E-state index >= 15 is 0 Å². The third kappa shape index (κ3) is 3.85. The van der Waals surface area contributed by atoms with Crippen LogP contribution in [0.15, 0.2) is 29.3 Å². The number of nitrogens with zero attached hydrogens (tertiary/aromatic N) is 5. The van der Waals surface area contributed by atoms with Crippen LogP contribution in [0.5, 0.6) is 0 Å². The molecule has 8 nitrogen and oxygen atoms in total. The number of amides is 3. The number of benzene rings is 1. The summed E-state index contributed by atoms with van der Waals surface area (Å²) in [5.74, 6) is -0.133. The van der Waals surface area contributed by atoms with Crippen molar-refractivity contribution >= 4 is 22.8 Å². The summed E-state index contributed by atoms with van der Waals surface area (Å²) in [5, 5.41) is 0.518. The van der Waals surface area contributed by atoms with Crippen LogP contribution in [0.1, 0.15) is 19.4 Å². The minimum Gasteiger partial charge on any atom is -0.338 e. The van der Waals surface area contributed by atoms with Gasteiger partial charge in [-0.25, -0.2) is 9.78 Å². The molecule has 0 atom stereocenters. The van der Waals surface area contributed by atoms with E-state index in [-0.39, 0.29) is 24.0 Å². The van der Waals surface area contributed by atoms with E-state index in [1.54, 1.807) is 20.8 Å². The Hall–Kier alpha value is -2.90. The van der Waals surface area contributed by atoms with Gasteiger partial charge in [0.1, 0.15) is 6.54 Å². The number of hydrogen-bond acceptors (Lipinski definition) is 4. The fourth-order valence-electron chi connectivity index (χ4n) is 3.54. The van der Waals surface area contributed by atoms with E-state index in [0.29, 0.717) is 50.2 Å². The van der Waals surface area contributed by atoms with Gasteiger partial charge in [-0.1, -0.05) is 12.1 Å². The number of carbonyl (C=O) groups excluding carboxylic acids is 2. The second kappa shape index (κ2) is 8.41. The average Bonchev–Trinajstić information content (AvgIpc) is 2.71. The van der Waals surface area contributed by atoms with Crippen molar-refractivity contribution in [2.75, 3.05) is 39.3 Å². The Morgan fingerprint density at radius 1 is 1.07 bits per heavy atom. The molecule has 0 radical (unpaired) electrons. The lowest BCUT2D eigenvalue weighted by Crippen LogP contribution is -2.54. The van der Waals surface area contributed by atoms with Crippen molar-refractivity contribution in [2.24, 2.45) is 0 Å². The summed E-state index contributed by atoms with van der Waals surface area (Å²) in [6, 6.07) is 5.47. The number of carbonyl (C=O) groups is 2. The van der Waals surface area contributed by atoms with Crippen molar-refractivity contribution in [3.05, 3.63) is 40.4 Å². The molecule has 0 unspecified atom stereocenters. The lowest BCUT2D eigenvalue weighted by molar-refractivity contribution is -0.133. The number of para-hydroxylation sites is 1. The normalized spacial score (nSPS) is 14.4. The molecule has 0 saturated carbocycles. The van der Waals surface area contributed by atoms with Crippen LogP contribution in [0.25, 0.3) is 10.9 Å². The quantitative estimate of drug-likeness (QED) is 0.795. The van der Waals surface area contributed by atoms with Crippen molar-refractivity contribution in [2.45, 2.75) is 27.3 Å². The monoisotopic (exact) mass is 385 g/mol. The van der Waals surface area contributed by atoms with Crippen LogP contribution in [-0.2, 0) is 11.3 Å². The molecule has 1 fully saturated rings. The molecule has 0 aliphatic carbocycles. The molecule has 1 aliphatic heterocycles. The molecule has 3 rings (SSSR count). The Labute approximate surface area is 164 Å². The van der Waals surface area contributed by atoms with E-state index in [9.17, 15) is 14.4 Å². The summed E-state index contributed by atoms with van der Waals surface area (Å²) in [6.07, 6.45) is 1.44. The van der Waals surface area contributed by atoms with Gasteiger partial charge in [-0.3, -0.25) is 14.2 Å². The first-order chi connectivity index (χ1) is 13.5. The van der Waals surface area contributed by atoms with Gasteiger partial charge < -0.3 is 14.7 Å². The zero-order valence-corrected chi connectivity index (χ0v) is 16.7. The highest BCUT2D eigenvalue weighted by Crippen LogP contribution is 2.12. The number of hydrogen-bond donors (Lipinski definition) is 0.